The summed E-state index contributed by atoms with van der Waals surface area (Å²) in [6, 6.07) is 14.5. The van der Waals surface area contributed by atoms with Crippen LogP contribution >= 0.6 is 0 Å². The Kier molecular flexibility index (Phi) is 10.6. The van der Waals surface area contributed by atoms with E-state index in [1.807, 2.05) is 13.0 Å². The first-order chi connectivity index (χ1) is 19.5. The topological polar surface area (TPSA) is 162 Å². The van der Waals surface area contributed by atoms with Crippen LogP contribution in [-0.4, -0.2) is 24.1 Å². The van der Waals surface area contributed by atoms with E-state index in [-0.39, 0.29) is 40.2 Å². The summed E-state index contributed by atoms with van der Waals surface area (Å²) in [6.45, 7) is 9.55. The van der Waals surface area contributed by atoms with Gasteiger partial charge in [0.2, 0.25) is 15.9 Å². The van der Waals surface area contributed by atoms with Crippen LogP contribution in [0.1, 0.15) is 58.1 Å². The lowest BCUT2D eigenvalue weighted by Crippen LogP contribution is -2.32. The van der Waals surface area contributed by atoms with Crippen LogP contribution in [0.15, 0.2) is 78.7 Å². The predicted octanol–water partition coefficient (Wildman–Crippen LogP) is 7.08. The zero-order valence-electron chi connectivity index (χ0n) is 23.9. The van der Waals surface area contributed by atoms with Gasteiger partial charge in [0.25, 0.3) is 5.56 Å². The van der Waals surface area contributed by atoms with E-state index in [9.17, 15) is 23.6 Å². The number of sulfonamides is 1. The van der Waals surface area contributed by atoms with E-state index >= 15 is 0 Å². The van der Waals surface area contributed by atoms with E-state index < -0.39 is 15.6 Å². The second kappa shape index (κ2) is 13.9. The van der Waals surface area contributed by atoms with Crippen molar-refractivity contribution in [3.8, 4) is 11.9 Å². The molecule has 216 valence electrons. The summed E-state index contributed by atoms with van der Waals surface area (Å²) in [5.74, 6) is 0.201. The van der Waals surface area contributed by atoms with E-state index in [0.29, 0.717) is 23.0 Å². The average Bonchev–Trinajstić information content (AvgIpc) is 2.92. The van der Waals surface area contributed by atoms with Crippen molar-refractivity contribution < 1.29 is 13.5 Å². The molecule has 3 aromatic rings. The third-order valence-corrected chi connectivity index (χ3v) is 8.01. The number of azo groups is 2. The zero-order valence-corrected chi connectivity index (χ0v) is 24.7. The van der Waals surface area contributed by atoms with Gasteiger partial charge in [-0.1, -0.05) is 26.7 Å². The number of aromatic hydroxyl groups is 1. The van der Waals surface area contributed by atoms with Crippen molar-refractivity contribution >= 4 is 32.8 Å². The SMILES string of the molecule is CCn1c(O)c(C#N)c(C)c(N=Nc2ccc(N=Nc3ccc(S(=O)(=O)NC(C)CCCC(C)C)cc3)cc2)c1=O. The van der Waals surface area contributed by atoms with Crippen molar-refractivity contribution in [3.05, 3.63) is 70.0 Å². The zero-order chi connectivity index (χ0) is 30.2. The molecule has 11 nitrogen and oxygen atoms in total. The van der Waals surface area contributed by atoms with Gasteiger partial charge >= 0.3 is 0 Å². The smallest absolute Gasteiger partial charge is 0.281 e. The largest absolute Gasteiger partial charge is 0.493 e. The normalized spacial score (nSPS) is 12.8. The Bertz CT molecular complexity index is 1620. The summed E-state index contributed by atoms with van der Waals surface area (Å²) in [4.78, 5) is 12.8. The minimum absolute atomic E-state index is 0.0220. The number of nitrogens with one attached hydrogen (secondary N) is 1. The molecule has 2 aromatic carbocycles. The summed E-state index contributed by atoms with van der Waals surface area (Å²) < 4.78 is 29.2. The van der Waals surface area contributed by atoms with Crippen LogP contribution in [0.3, 0.4) is 0 Å². The number of benzene rings is 2. The van der Waals surface area contributed by atoms with Crippen LogP contribution in [0.25, 0.3) is 0 Å². The minimum atomic E-state index is -3.63. The molecule has 2 N–H and O–H groups in total. The lowest BCUT2D eigenvalue weighted by molar-refractivity contribution is 0.409. The first-order valence-electron chi connectivity index (χ1n) is 13.4. The number of aromatic nitrogens is 1. The Hall–Kier alpha value is -4.21. The van der Waals surface area contributed by atoms with Crippen molar-refractivity contribution in [2.24, 2.45) is 26.4 Å². The molecule has 1 atom stereocenters. The lowest BCUT2D eigenvalue weighted by Gasteiger charge is -2.15. The Balaban J connectivity index is 1.67. The third kappa shape index (κ3) is 8.15. The van der Waals surface area contributed by atoms with Crippen molar-refractivity contribution in [2.45, 2.75) is 71.4 Å². The van der Waals surface area contributed by atoms with Crippen LogP contribution in [0.4, 0.5) is 22.7 Å². The summed E-state index contributed by atoms with van der Waals surface area (Å²) in [5.41, 5.74) is 1.12. The average molecular weight is 578 g/mol. The van der Waals surface area contributed by atoms with E-state index in [4.69, 9.17) is 0 Å². The number of hydrogen-bond donors (Lipinski definition) is 2. The first kappa shape index (κ1) is 31.3. The van der Waals surface area contributed by atoms with E-state index in [2.05, 4.69) is 39.0 Å². The standard InChI is InChI=1S/C29H35N7O4S/c1-6-36-28(37)26(18-30)21(5)27(29(36)38)34-33-23-12-10-22(11-13-23)31-32-24-14-16-25(17-15-24)41(39,40)35-20(4)9-7-8-19(2)3/h10-17,19-20,35,37H,6-9H2,1-5H3. The number of hydrogen-bond acceptors (Lipinski definition) is 9. The molecule has 0 aliphatic carbocycles. The van der Waals surface area contributed by atoms with Gasteiger partial charge in [-0.15, -0.1) is 5.11 Å². The molecule has 1 aromatic heterocycles. The molecule has 1 unspecified atom stereocenters. The second-order valence-electron chi connectivity index (χ2n) is 10.1. The first-order valence-corrected chi connectivity index (χ1v) is 14.9. The maximum Gasteiger partial charge on any atom is 0.281 e. The molecule has 0 saturated heterocycles. The fourth-order valence-electron chi connectivity index (χ4n) is 4.08. The molecule has 0 bridgehead atoms. The number of nitrogens with zero attached hydrogens (tertiary/aromatic N) is 6. The van der Waals surface area contributed by atoms with Crippen molar-refractivity contribution in [1.82, 2.24) is 9.29 Å². The lowest BCUT2D eigenvalue weighted by atomic mass is 10.0. The van der Waals surface area contributed by atoms with Gasteiger partial charge in [0.1, 0.15) is 11.6 Å². The minimum Gasteiger partial charge on any atom is -0.493 e. The molecule has 0 spiro atoms. The van der Waals surface area contributed by atoms with Crippen LogP contribution in [-0.2, 0) is 16.6 Å². The van der Waals surface area contributed by atoms with Gasteiger partial charge in [-0.3, -0.25) is 9.36 Å². The molecular formula is C29H35N7O4S. The van der Waals surface area contributed by atoms with Gasteiger partial charge in [0.15, 0.2) is 5.69 Å². The molecule has 0 saturated carbocycles. The molecule has 0 aliphatic rings. The third-order valence-electron chi connectivity index (χ3n) is 6.40. The molecule has 3 rings (SSSR count). The molecule has 12 heteroatoms. The van der Waals surface area contributed by atoms with Crippen LogP contribution in [0.2, 0.25) is 0 Å². The molecule has 0 amide bonds. The maximum atomic E-state index is 12.7. The number of nitriles is 1. The molecule has 0 aliphatic heterocycles. The molecule has 1 heterocycles. The van der Waals surface area contributed by atoms with E-state index in [1.54, 1.807) is 43.3 Å². The van der Waals surface area contributed by atoms with Crippen LogP contribution in [0, 0.1) is 24.2 Å². The highest BCUT2D eigenvalue weighted by molar-refractivity contribution is 7.89. The summed E-state index contributed by atoms with van der Waals surface area (Å²) in [7, 11) is -3.63. The van der Waals surface area contributed by atoms with Gasteiger partial charge < -0.3 is 5.11 Å². The monoisotopic (exact) mass is 577 g/mol. The quantitative estimate of drug-likeness (QED) is 0.219. The fourth-order valence-corrected chi connectivity index (χ4v) is 5.35. The van der Waals surface area contributed by atoms with Gasteiger partial charge in [0.05, 0.1) is 22.0 Å². The molecule has 41 heavy (non-hydrogen) atoms. The molecule has 0 fully saturated rings. The van der Waals surface area contributed by atoms with Crippen LogP contribution < -0.4 is 10.3 Å². The van der Waals surface area contributed by atoms with Gasteiger partial charge in [-0.05, 0) is 81.6 Å². The Labute approximate surface area is 240 Å². The fraction of sp³-hybridized carbons (Fsp3) is 0.379. The second-order valence-corrected chi connectivity index (χ2v) is 11.8. The van der Waals surface area contributed by atoms with E-state index in [1.165, 1.54) is 19.1 Å². The number of pyridine rings is 1. The van der Waals surface area contributed by atoms with Gasteiger partial charge in [-0.2, -0.15) is 20.6 Å². The Morgan fingerprint density at radius 2 is 1.44 bits per heavy atom. The maximum absolute atomic E-state index is 12.7. The van der Waals surface area contributed by atoms with Gasteiger partial charge in [-0.25, -0.2) is 13.1 Å². The Morgan fingerprint density at radius 3 is 1.93 bits per heavy atom. The molecule has 0 radical (unpaired) electrons. The summed E-state index contributed by atoms with van der Waals surface area (Å²) in [5, 5.41) is 36.0. The Morgan fingerprint density at radius 1 is 0.927 bits per heavy atom. The van der Waals surface area contributed by atoms with Crippen molar-refractivity contribution in [3.63, 3.8) is 0 Å². The highest BCUT2D eigenvalue weighted by Gasteiger charge is 2.19. The van der Waals surface area contributed by atoms with Crippen molar-refractivity contribution in [1.29, 1.82) is 5.26 Å². The van der Waals surface area contributed by atoms with Crippen molar-refractivity contribution in [2.75, 3.05) is 0 Å². The molecular weight excluding hydrogens is 542 g/mol. The van der Waals surface area contributed by atoms with Gasteiger partial charge in [0, 0.05) is 18.2 Å². The van der Waals surface area contributed by atoms with E-state index in [0.717, 1.165) is 23.8 Å². The summed E-state index contributed by atoms with van der Waals surface area (Å²) in [6.07, 6.45) is 2.80. The predicted molar refractivity (Wildman–Crippen MR) is 157 cm³/mol. The summed E-state index contributed by atoms with van der Waals surface area (Å²) >= 11 is 0. The number of rotatable bonds is 12. The highest BCUT2D eigenvalue weighted by atomic mass is 32.2. The highest BCUT2D eigenvalue weighted by Crippen LogP contribution is 2.28. The van der Waals surface area contributed by atoms with Crippen LogP contribution in [0.5, 0.6) is 5.88 Å².